The van der Waals surface area contributed by atoms with Crippen LogP contribution in [0.2, 0.25) is 0 Å². The van der Waals surface area contributed by atoms with Crippen molar-refractivity contribution in [2.24, 2.45) is 5.41 Å². The highest BCUT2D eigenvalue weighted by molar-refractivity contribution is 5.28. The van der Waals surface area contributed by atoms with Crippen LogP contribution < -0.4 is 0 Å². The number of hydrogen-bond donors (Lipinski definition) is 0. The van der Waals surface area contributed by atoms with Crippen molar-refractivity contribution in [3.05, 3.63) is 6.42 Å². The molecule has 0 aliphatic heterocycles. The van der Waals surface area contributed by atoms with Crippen LogP contribution in [0.5, 0.6) is 0 Å². The van der Waals surface area contributed by atoms with Gasteiger partial charge in [-0.1, -0.05) is 0 Å². The SMILES string of the molecule is COC1[C]C12CC2. The van der Waals surface area contributed by atoms with Crippen LogP contribution in [-0.4, -0.2) is 13.2 Å². The largest absolute Gasteiger partial charge is 0.380 e. The highest BCUT2D eigenvalue weighted by Gasteiger charge is 2.64. The Morgan fingerprint density at radius 3 is 2.57 bits per heavy atom. The minimum atomic E-state index is 0.410. The Morgan fingerprint density at radius 1 is 1.71 bits per heavy atom. The van der Waals surface area contributed by atoms with Gasteiger partial charge in [-0.15, -0.1) is 0 Å². The van der Waals surface area contributed by atoms with Crippen molar-refractivity contribution >= 4 is 0 Å². The van der Waals surface area contributed by atoms with Gasteiger partial charge in [-0.3, -0.25) is 0 Å². The minimum Gasteiger partial charge on any atom is -0.380 e. The molecule has 1 spiro atoms. The van der Waals surface area contributed by atoms with E-state index < -0.39 is 0 Å². The first-order valence-electron chi connectivity index (χ1n) is 2.68. The van der Waals surface area contributed by atoms with Crippen molar-refractivity contribution in [1.82, 2.24) is 0 Å². The van der Waals surface area contributed by atoms with E-state index in [1.807, 2.05) is 0 Å². The zero-order chi connectivity index (χ0) is 4.91. The van der Waals surface area contributed by atoms with E-state index in [-0.39, 0.29) is 0 Å². The summed E-state index contributed by atoms with van der Waals surface area (Å²) in [6, 6.07) is 0. The molecule has 0 aromatic carbocycles. The standard InChI is InChI=1S/C6H8O/c1-7-5-4-6(5)2-3-6/h5H,2-3H2,1H3. The number of rotatable bonds is 1. The molecular formula is C6H8O. The van der Waals surface area contributed by atoms with Gasteiger partial charge in [0, 0.05) is 18.9 Å². The van der Waals surface area contributed by atoms with Gasteiger partial charge in [0.15, 0.2) is 0 Å². The summed E-state index contributed by atoms with van der Waals surface area (Å²) in [5.74, 6) is 0. The molecule has 0 aromatic rings. The van der Waals surface area contributed by atoms with E-state index in [2.05, 4.69) is 6.42 Å². The van der Waals surface area contributed by atoms with E-state index in [1.165, 1.54) is 12.8 Å². The lowest BCUT2D eigenvalue weighted by molar-refractivity contribution is 0.171. The monoisotopic (exact) mass is 96.1 g/mol. The summed E-state index contributed by atoms with van der Waals surface area (Å²) >= 11 is 0. The Balaban J connectivity index is 1.97. The van der Waals surface area contributed by atoms with Crippen molar-refractivity contribution in [2.45, 2.75) is 18.9 Å². The van der Waals surface area contributed by atoms with E-state index in [4.69, 9.17) is 4.74 Å². The molecule has 1 unspecified atom stereocenters. The fraction of sp³-hybridized carbons (Fsp3) is 0.833. The summed E-state index contributed by atoms with van der Waals surface area (Å²) in [6.07, 6.45) is 6.31. The summed E-state index contributed by atoms with van der Waals surface area (Å²) in [4.78, 5) is 0. The average Bonchev–Trinajstić information content (AvgIpc) is 2.52. The van der Waals surface area contributed by atoms with Crippen LogP contribution in [0.1, 0.15) is 12.8 Å². The maximum Gasteiger partial charge on any atom is 0.0710 e. The Morgan fingerprint density at radius 2 is 2.43 bits per heavy atom. The smallest absolute Gasteiger partial charge is 0.0710 e. The first-order valence-corrected chi connectivity index (χ1v) is 2.68. The van der Waals surface area contributed by atoms with Crippen LogP contribution in [0.15, 0.2) is 0 Å². The van der Waals surface area contributed by atoms with Gasteiger partial charge in [0.1, 0.15) is 0 Å². The summed E-state index contributed by atoms with van der Waals surface area (Å²) in [5, 5.41) is 0. The van der Waals surface area contributed by atoms with Gasteiger partial charge >= 0.3 is 0 Å². The quantitative estimate of drug-likeness (QED) is 0.470. The molecule has 1 atom stereocenters. The molecule has 2 aliphatic rings. The molecule has 0 amide bonds. The molecule has 0 bridgehead atoms. The van der Waals surface area contributed by atoms with Crippen molar-refractivity contribution < 1.29 is 4.74 Å². The van der Waals surface area contributed by atoms with Crippen LogP contribution >= 0.6 is 0 Å². The third kappa shape index (κ3) is 0.367. The van der Waals surface area contributed by atoms with Crippen molar-refractivity contribution in [3.63, 3.8) is 0 Å². The van der Waals surface area contributed by atoms with E-state index in [0.717, 1.165) is 0 Å². The summed E-state index contributed by atoms with van der Waals surface area (Å²) in [6.45, 7) is 0. The fourth-order valence-electron chi connectivity index (χ4n) is 1.05. The Labute approximate surface area is 43.7 Å². The molecule has 2 aliphatic carbocycles. The van der Waals surface area contributed by atoms with Crippen molar-refractivity contribution in [2.75, 3.05) is 7.11 Å². The predicted octanol–water partition coefficient (Wildman–Crippen LogP) is 0.876. The first kappa shape index (κ1) is 3.90. The molecule has 0 N–H and O–H groups in total. The Bertz CT molecular complexity index is 94.4. The molecule has 7 heavy (non-hydrogen) atoms. The van der Waals surface area contributed by atoms with Gasteiger partial charge < -0.3 is 4.74 Å². The van der Waals surface area contributed by atoms with Crippen molar-refractivity contribution in [3.8, 4) is 0 Å². The van der Waals surface area contributed by atoms with Crippen LogP contribution in [0.4, 0.5) is 0 Å². The van der Waals surface area contributed by atoms with E-state index in [1.54, 1.807) is 7.11 Å². The summed E-state index contributed by atoms with van der Waals surface area (Å²) in [7, 11) is 1.75. The van der Waals surface area contributed by atoms with Gasteiger partial charge in [-0.25, -0.2) is 0 Å². The predicted molar refractivity (Wildman–Crippen MR) is 25.7 cm³/mol. The second-order valence-corrected chi connectivity index (χ2v) is 2.42. The maximum absolute atomic E-state index is 5.03. The molecule has 1 heteroatoms. The Hall–Kier alpha value is -0.0400. The first-order chi connectivity index (χ1) is 3.37. The van der Waals surface area contributed by atoms with E-state index in [9.17, 15) is 0 Å². The third-order valence-corrected chi connectivity index (χ3v) is 1.86. The lowest BCUT2D eigenvalue weighted by Crippen LogP contribution is -1.88. The Kier molecular flexibility index (Phi) is 0.487. The number of ether oxygens (including phenoxy) is 1. The molecule has 0 aromatic heterocycles. The second kappa shape index (κ2) is 0.873. The molecular weight excluding hydrogens is 88.1 g/mol. The molecule has 2 radical (unpaired) electrons. The van der Waals surface area contributed by atoms with Gasteiger partial charge in [-0.2, -0.15) is 0 Å². The van der Waals surface area contributed by atoms with Gasteiger partial charge in [-0.05, 0) is 12.8 Å². The molecule has 1 nitrogen and oxygen atoms in total. The van der Waals surface area contributed by atoms with Crippen LogP contribution in [-0.2, 0) is 4.74 Å². The molecule has 38 valence electrons. The maximum atomic E-state index is 5.03. The zero-order valence-corrected chi connectivity index (χ0v) is 4.40. The molecule has 2 saturated carbocycles. The average molecular weight is 96.1 g/mol. The van der Waals surface area contributed by atoms with E-state index >= 15 is 0 Å². The lowest BCUT2D eigenvalue weighted by atomic mass is 10.4. The highest BCUT2D eigenvalue weighted by Crippen LogP contribution is 2.66. The third-order valence-electron chi connectivity index (χ3n) is 1.86. The number of methoxy groups -OCH3 is 1. The topological polar surface area (TPSA) is 9.23 Å². The molecule has 0 saturated heterocycles. The molecule has 0 heterocycles. The summed E-state index contributed by atoms with van der Waals surface area (Å²) in [5.41, 5.74) is 0.495. The zero-order valence-electron chi connectivity index (χ0n) is 4.40. The van der Waals surface area contributed by atoms with Gasteiger partial charge in [0.05, 0.1) is 6.10 Å². The van der Waals surface area contributed by atoms with Crippen LogP contribution in [0.3, 0.4) is 0 Å². The minimum absolute atomic E-state index is 0.410. The normalized spacial score (nSPS) is 41.6. The molecule has 2 rings (SSSR count). The lowest BCUT2D eigenvalue weighted by Gasteiger charge is -1.86. The highest BCUT2D eigenvalue weighted by atomic mass is 16.5. The van der Waals surface area contributed by atoms with Crippen LogP contribution in [0, 0.1) is 11.8 Å². The number of hydrogen-bond acceptors (Lipinski definition) is 1. The summed E-state index contributed by atoms with van der Waals surface area (Å²) < 4.78 is 5.03. The van der Waals surface area contributed by atoms with Crippen molar-refractivity contribution in [1.29, 1.82) is 0 Å². The van der Waals surface area contributed by atoms with Gasteiger partial charge in [0.25, 0.3) is 0 Å². The molecule has 2 fully saturated rings. The van der Waals surface area contributed by atoms with Gasteiger partial charge in [0.2, 0.25) is 0 Å². The second-order valence-electron chi connectivity index (χ2n) is 2.42. The van der Waals surface area contributed by atoms with Crippen LogP contribution in [0.25, 0.3) is 0 Å². The van der Waals surface area contributed by atoms with E-state index in [0.29, 0.717) is 11.5 Å². The fourth-order valence-corrected chi connectivity index (χ4v) is 1.05.